The number of hydrogen-bond acceptors (Lipinski definition) is 3. The Labute approximate surface area is 98.2 Å². The number of aromatic nitrogens is 1. The van der Waals surface area contributed by atoms with E-state index >= 15 is 0 Å². The fourth-order valence-corrected chi connectivity index (χ4v) is 1.35. The molecular formula is C13H22N2O. The fraction of sp³-hybridized carbons (Fsp3) is 0.615. The van der Waals surface area contributed by atoms with Gasteiger partial charge in [0.2, 0.25) is 5.88 Å². The Morgan fingerprint density at radius 3 is 2.69 bits per heavy atom. The van der Waals surface area contributed by atoms with Crippen molar-refractivity contribution in [2.45, 2.75) is 33.1 Å². The summed E-state index contributed by atoms with van der Waals surface area (Å²) in [5.74, 6) is 1.23. The van der Waals surface area contributed by atoms with Crippen LogP contribution in [0.2, 0.25) is 0 Å². The first kappa shape index (κ1) is 13.0. The molecular weight excluding hydrogens is 200 g/mol. The highest BCUT2D eigenvalue weighted by Gasteiger charge is 2.00. The number of pyridine rings is 1. The predicted molar refractivity (Wildman–Crippen MR) is 67.0 cm³/mol. The second-order valence-electron chi connectivity index (χ2n) is 4.18. The van der Waals surface area contributed by atoms with Crippen molar-refractivity contribution in [3.05, 3.63) is 23.9 Å². The maximum Gasteiger partial charge on any atom is 0.213 e. The van der Waals surface area contributed by atoms with E-state index in [1.54, 1.807) is 0 Å². The Bertz CT molecular complexity index is 282. The smallest absolute Gasteiger partial charge is 0.213 e. The Hall–Kier alpha value is -1.09. The van der Waals surface area contributed by atoms with Crippen LogP contribution >= 0.6 is 0 Å². The van der Waals surface area contributed by atoms with E-state index in [0.29, 0.717) is 18.4 Å². The average Bonchev–Trinajstić information content (AvgIpc) is 2.29. The van der Waals surface area contributed by atoms with E-state index < -0.39 is 0 Å². The summed E-state index contributed by atoms with van der Waals surface area (Å²) in [6.07, 6.45) is 3.04. The zero-order valence-corrected chi connectivity index (χ0v) is 10.5. The van der Waals surface area contributed by atoms with Gasteiger partial charge in [-0.1, -0.05) is 26.8 Å². The topological polar surface area (TPSA) is 34.1 Å². The Balaban J connectivity index is 2.27. The molecule has 0 saturated carbocycles. The van der Waals surface area contributed by atoms with Crippen LogP contribution in [0.4, 0.5) is 0 Å². The molecule has 1 aromatic rings. The van der Waals surface area contributed by atoms with Gasteiger partial charge < -0.3 is 10.1 Å². The lowest BCUT2D eigenvalue weighted by atomic mass is 10.1. The van der Waals surface area contributed by atoms with E-state index in [1.165, 1.54) is 5.56 Å². The first-order valence-electron chi connectivity index (χ1n) is 6.03. The standard InChI is InChI=1S/C13H22N2O/c1-4-7-14-8-9-16-13-6-5-12(10-15-13)11(2)3/h5-6,10-11,14H,4,7-9H2,1-3H3. The van der Waals surface area contributed by atoms with Crippen molar-refractivity contribution >= 4 is 0 Å². The summed E-state index contributed by atoms with van der Waals surface area (Å²) in [6.45, 7) is 9.07. The van der Waals surface area contributed by atoms with Gasteiger partial charge in [0.25, 0.3) is 0 Å². The molecule has 0 unspecified atom stereocenters. The van der Waals surface area contributed by atoms with Gasteiger partial charge in [-0.25, -0.2) is 4.98 Å². The number of rotatable bonds is 7. The van der Waals surface area contributed by atoms with Crippen molar-refractivity contribution in [2.24, 2.45) is 0 Å². The zero-order valence-electron chi connectivity index (χ0n) is 10.5. The number of nitrogens with one attached hydrogen (secondary N) is 1. The van der Waals surface area contributed by atoms with Gasteiger partial charge in [-0.3, -0.25) is 0 Å². The lowest BCUT2D eigenvalue weighted by Gasteiger charge is -2.08. The maximum absolute atomic E-state index is 5.51. The molecule has 1 N–H and O–H groups in total. The normalized spacial score (nSPS) is 10.8. The molecule has 0 aliphatic carbocycles. The minimum Gasteiger partial charge on any atom is -0.476 e. The highest BCUT2D eigenvalue weighted by Crippen LogP contribution is 2.15. The van der Waals surface area contributed by atoms with Crippen molar-refractivity contribution in [3.63, 3.8) is 0 Å². The third-order valence-electron chi connectivity index (χ3n) is 2.38. The van der Waals surface area contributed by atoms with Gasteiger partial charge in [0.1, 0.15) is 6.61 Å². The summed E-state index contributed by atoms with van der Waals surface area (Å²) in [5.41, 5.74) is 1.25. The molecule has 16 heavy (non-hydrogen) atoms. The van der Waals surface area contributed by atoms with Crippen molar-refractivity contribution in [2.75, 3.05) is 19.7 Å². The summed E-state index contributed by atoms with van der Waals surface area (Å²) in [4.78, 5) is 4.27. The molecule has 1 aromatic heterocycles. The second kappa shape index (κ2) is 7.23. The van der Waals surface area contributed by atoms with Crippen molar-refractivity contribution in [1.29, 1.82) is 0 Å². The van der Waals surface area contributed by atoms with Crippen LogP contribution in [0.1, 0.15) is 38.7 Å². The second-order valence-corrected chi connectivity index (χ2v) is 4.18. The first-order chi connectivity index (χ1) is 7.74. The highest BCUT2D eigenvalue weighted by molar-refractivity contribution is 5.20. The number of nitrogens with zero attached hydrogens (tertiary/aromatic N) is 1. The van der Waals surface area contributed by atoms with Crippen molar-refractivity contribution in [1.82, 2.24) is 10.3 Å². The molecule has 0 saturated heterocycles. The zero-order chi connectivity index (χ0) is 11.8. The molecule has 1 rings (SSSR count). The van der Waals surface area contributed by atoms with Crippen LogP contribution in [-0.2, 0) is 0 Å². The molecule has 3 heteroatoms. The fourth-order valence-electron chi connectivity index (χ4n) is 1.35. The van der Waals surface area contributed by atoms with Crippen LogP contribution in [0.3, 0.4) is 0 Å². The third-order valence-corrected chi connectivity index (χ3v) is 2.38. The number of hydrogen-bond donors (Lipinski definition) is 1. The van der Waals surface area contributed by atoms with Gasteiger partial charge in [-0.2, -0.15) is 0 Å². The van der Waals surface area contributed by atoms with Crippen molar-refractivity contribution < 1.29 is 4.74 Å². The van der Waals surface area contributed by atoms with E-state index in [-0.39, 0.29) is 0 Å². The Morgan fingerprint density at radius 2 is 2.12 bits per heavy atom. The summed E-state index contributed by atoms with van der Waals surface area (Å²) in [5, 5.41) is 3.28. The molecule has 3 nitrogen and oxygen atoms in total. The van der Waals surface area contributed by atoms with Crippen LogP contribution in [0.5, 0.6) is 5.88 Å². The van der Waals surface area contributed by atoms with Gasteiger partial charge >= 0.3 is 0 Å². The molecule has 0 bridgehead atoms. The van der Waals surface area contributed by atoms with Crippen LogP contribution in [0, 0.1) is 0 Å². The molecule has 0 atom stereocenters. The monoisotopic (exact) mass is 222 g/mol. The quantitative estimate of drug-likeness (QED) is 0.720. The SMILES string of the molecule is CCCNCCOc1ccc(C(C)C)cn1. The van der Waals surface area contributed by atoms with Crippen LogP contribution < -0.4 is 10.1 Å². The molecule has 1 heterocycles. The third kappa shape index (κ3) is 4.62. The Morgan fingerprint density at radius 1 is 1.31 bits per heavy atom. The molecule has 0 aliphatic rings. The van der Waals surface area contributed by atoms with Gasteiger partial charge in [0, 0.05) is 18.8 Å². The van der Waals surface area contributed by atoms with Gasteiger partial charge in [0.05, 0.1) is 0 Å². The van der Waals surface area contributed by atoms with E-state index in [0.717, 1.165) is 19.5 Å². The van der Waals surface area contributed by atoms with E-state index in [4.69, 9.17) is 4.74 Å². The lowest BCUT2D eigenvalue weighted by Crippen LogP contribution is -2.21. The summed E-state index contributed by atoms with van der Waals surface area (Å²) >= 11 is 0. The lowest BCUT2D eigenvalue weighted by molar-refractivity contribution is 0.302. The summed E-state index contributed by atoms with van der Waals surface area (Å²) in [7, 11) is 0. The van der Waals surface area contributed by atoms with Crippen LogP contribution in [-0.4, -0.2) is 24.7 Å². The molecule has 0 aromatic carbocycles. The molecule has 0 radical (unpaired) electrons. The van der Waals surface area contributed by atoms with Gasteiger partial charge in [0.15, 0.2) is 0 Å². The molecule has 0 aliphatic heterocycles. The van der Waals surface area contributed by atoms with Crippen LogP contribution in [0.15, 0.2) is 18.3 Å². The first-order valence-corrected chi connectivity index (χ1v) is 6.03. The van der Waals surface area contributed by atoms with Crippen molar-refractivity contribution in [3.8, 4) is 5.88 Å². The highest BCUT2D eigenvalue weighted by atomic mass is 16.5. The van der Waals surface area contributed by atoms with Gasteiger partial charge in [-0.05, 0) is 24.4 Å². The average molecular weight is 222 g/mol. The van der Waals surface area contributed by atoms with Crippen LogP contribution in [0.25, 0.3) is 0 Å². The minimum atomic E-state index is 0.521. The van der Waals surface area contributed by atoms with Gasteiger partial charge in [-0.15, -0.1) is 0 Å². The number of ether oxygens (including phenoxy) is 1. The minimum absolute atomic E-state index is 0.521. The van der Waals surface area contributed by atoms with E-state index in [9.17, 15) is 0 Å². The molecule has 0 fully saturated rings. The predicted octanol–water partition coefficient (Wildman–Crippen LogP) is 2.58. The molecule has 0 amide bonds. The largest absolute Gasteiger partial charge is 0.476 e. The summed E-state index contributed by atoms with van der Waals surface area (Å²) < 4.78 is 5.51. The van der Waals surface area contributed by atoms with E-state index in [2.05, 4.69) is 37.1 Å². The maximum atomic E-state index is 5.51. The summed E-state index contributed by atoms with van der Waals surface area (Å²) in [6, 6.07) is 4.02. The molecule has 90 valence electrons. The molecule has 0 spiro atoms. The van der Waals surface area contributed by atoms with E-state index in [1.807, 2.05) is 12.3 Å². The Kier molecular flexibility index (Phi) is 5.86.